The largest absolute Gasteiger partial charge is 0.483 e. The molecule has 4 heteroatoms. The zero-order chi connectivity index (χ0) is 17.0. The number of hydrogen-bond acceptors (Lipinski definition) is 2. The van der Waals surface area contributed by atoms with Gasteiger partial charge in [-0.1, -0.05) is 37.6 Å². The standard InChI is InChI=1S/C19H22BrNO2/c1-12(2)15-6-8-18(16(20)10-15)23-11-19(22)21-17-7-5-13(3)9-14(17)4/h5-10,12H,11H2,1-4H3,(H,21,22). The molecule has 2 rings (SSSR count). The zero-order valence-corrected chi connectivity index (χ0v) is 15.5. The molecule has 0 heterocycles. The van der Waals surface area contributed by atoms with Gasteiger partial charge in [-0.05, 0) is 65.0 Å². The third kappa shape index (κ3) is 4.83. The first kappa shape index (κ1) is 17.5. The number of ether oxygens (including phenoxy) is 1. The van der Waals surface area contributed by atoms with Crippen molar-refractivity contribution in [1.82, 2.24) is 0 Å². The van der Waals surface area contributed by atoms with Crippen LogP contribution in [0, 0.1) is 13.8 Å². The van der Waals surface area contributed by atoms with Gasteiger partial charge in [-0.15, -0.1) is 0 Å². The normalized spacial score (nSPS) is 10.7. The molecule has 3 nitrogen and oxygen atoms in total. The van der Waals surface area contributed by atoms with Gasteiger partial charge >= 0.3 is 0 Å². The number of halogens is 1. The molecule has 0 spiro atoms. The van der Waals surface area contributed by atoms with Crippen molar-refractivity contribution < 1.29 is 9.53 Å². The van der Waals surface area contributed by atoms with E-state index in [1.807, 2.05) is 50.2 Å². The van der Waals surface area contributed by atoms with Gasteiger partial charge in [-0.3, -0.25) is 4.79 Å². The number of hydrogen-bond donors (Lipinski definition) is 1. The minimum absolute atomic E-state index is 0.0209. The number of carbonyl (C=O) groups excluding carboxylic acids is 1. The van der Waals surface area contributed by atoms with Crippen LogP contribution < -0.4 is 10.1 Å². The molecule has 0 fully saturated rings. The van der Waals surface area contributed by atoms with Crippen molar-refractivity contribution in [3.05, 3.63) is 57.6 Å². The highest BCUT2D eigenvalue weighted by atomic mass is 79.9. The third-order valence-electron chi connectivity index (χ3n) is 3.64. The van der Waals surface area contributed by atoms with Crippen molar-refractivity contribution in [3.8, 4) is 5.75 Å². The van der Waals surface area contributed by atoms with Crippen molar-refractivity contribution in [1.29, 1.82) is 0 Å². The smallest absolute Gasteiger partial charge is 0.262 e. The van der Waals surface area contributed by atoms with E-state index in [1.165, 1.54) is 11.1 Å². The van der Waals surface area contributed by atoms with E-state index in [4.69, 9.17) is 4.74 Å². The van der Waals surface area contributed by atoms with Gasteiger partial charge in [-0.25, -0.2) is 0 Å². The molecule has 0 bridgehead atoms. The number of carbonyl (C=O) groups is 1. The predicted octanol–water partition coefficient (Wildman–Crippen LogP) is 5.21. The molecule has 2 aromatic carbocycles. The maximum atomic E-state index is 12.1. The van der Waals surface area contributed by atoms with Crippen LogP contribution in [0.3, 0.4) is 0 Å². The maximum Gasteiger partial charge on any atom is 0.262 e. The Morgan fingerprint density at radius 2 is 1.91 bits per heavy atom. The van der Waals surface area contributed by atoms with Gasteiger partial charge in [0.15, 0.2) is 6.61 Å². The van der Waals surface area contributed by atoms with E-state index in [1.54, 1.807) is 0 Å². The van der Waals surface area contributed by atoms with Gasteiger partial charge in [-0.2, -0.15) is 0 Å². The summed E-state index contributed by atoms with van der Waals surface area (Å²) < 4.78 is 6.47. The lowest BCUT2D eigenvalue weighted by Crippen LogP contribution is -2.20. The van der Waals surface area contributed by atoms with Crippen LogP contribution in [0.15, 0.2) is 40.9 Å². The molecule has 0 aromatic heterocycles. The third-order valence-corrected chi connectivity index (χ3v) is 4.26. The second-order valence-electron chi connectivity index (χ2n) is 6.00. The average Bonchev–Trinajstić information content (AvgIpc) is 2.48. The molecule has 122 valence electrons. The fourth-order valence-corrected chi connectivity index (χ4v) is 2.79. The Balaban J connectivity index is 1.96. The van der Waals surface area contributed by atoms with E-state index < -0.39 is 0 Å². The number of nitrogens with one attached hydrogen (secondary N) is 1. The molecule has 0 unspecified atom stereocenters. The molecule has 0 aliphatic rings. The highest BCUT2D eigenvalue weighted by Gasteiger charge is 2.09. The second kappa shape index (κ2) is 7.64. The molecule has 0 saturated carbocycles. The van der Waals surface area contributed by atoms with Crippen LogP contribution in [-0.4, -0.2) is 12.5 Å². The van der Waals surface area contributed by atoms with Crippen LogP contribution in [0.2, 0.25) is 0 Å². The summed E-state index contributed by atoms with van der Waals surface area (Å²) in [6, 6.07) is 11.9. The molecule has 0 atom stereocenters. The molecule has 2 aromatic rings. The van der Waals surface area contributed by atoms with Crippen molar-refractivity contribution in [2.45, 2.75) is 33.6 Å². The fraction of sp³-hybridized carbons (Fsp3) is 0.316. The Kier molecular flexibility index (Phi) is 5.83. The minimum Gasteiger partial charge on any atom is -0.483 e. The van der Waals surface area contributed by atoms with Gasteiger partial charge < -0.3 is 10.1 Å². The lowest BCUT2D eigenvalue weighted by Gasteiger charge is -2.12. The number of amides is 1. The first-order valence-electron chi connectivity index (χ1n) is 7.66. The van der Waals surface area contributed by atoms with E-state index in [0.29, 0.717) is 11.7 Å². The summed E-state index contributed by atoms with van der Waals surface area (Å²) in [6.07, 6.45) is 0. The van der Waals surface area contributed by atoms with Gasteiger partial charge in [0, 0.05) is 5.69 Å². The van der Waals surface area contributed by atoms with Crippen LogP contribution >= 0.6 is 15.9 Å². The Labute approximate surface area is 146 Å². The van der Waals surface area contributed by atoms with Crippen molar-refractivity contribution in [3.63, 3.8) is 0 Å². The van der Waals surface area contributed by atoms with Crippen LogP contribution in [-0.2, 0) is 4.79 Å². The van der Waals surface area contributed by atoms with Crippen molar-refractivity contribution in [2.24, 2.45) is 0 Å². The lowest BCUT2D eigenvalue weighted by atomic mass is 10.0. The van der Waals surface area contributed by atoms with Crippen LogP contribution in [0.4, 0.5) is 5.69 Å². The molecule has 1 N–H and O–H groups in total. The van der Waals surface area contributed by atoms with Crippen molar-refractivity contribution >= 4 is 27.5 Å². The van der Waals surface area contributed by atoms with Gasteiger partial charge in [0.05, 0.1) is 4.47 Å². The number of aryl methyl sites for hydroxylation is 2. The van der Waals surface area contributed by atoms with Gasteiger partial charge in [0.2, 0.25) is 0 Å². The Morgan fingerprint density at radius 1 is 1.17 bits per heavy atom. The summed E-state index contributed by atoms with van der Waals surface area (Å²) >= 11 is 3.50. The topological polar surface area (TPSA) is 38.3 Å². The summed E-state index contributed by atoms with van der Waals surface area (Å²) in [5, 5.41) is 2.88. The van der Waals surface area contributed by atoms with E-state index in [-0.39, 0.29) is 12.5 Å². The fourth-order valence-electron chi connectivity index (χ4n) is 2.28. The number of rotatable bonds is 5. The molecular weight excluding hydrogens is 354 g/mol. The highest BCUT2D eigenvalue weighted by Crippen LogP contribution is 2.29. The first-order valence-corrected chi connectivity index (χ1v) is 8.45. The predicted molar refractivity (Wildman–Crippen MR) is 98.3 cm³/mol. The summed E-state index contributed by atoms with van der Waals surface area (Å²) in [6.45, 7) is 8.26. The molecule has 0 radical (unpaired) electrons. The van der Waals surface area contributed by atoms with Crippen LogP contribution in [0.5, 0.6) is 5.75 Å². The molecule has 0 aliphatic carbocycles. The maximum absolute atomic E-state index is 12.1. The Bertz CT molecular complexity index is 711. The number of benzene rings is 2. The molecule has 0 saturated heterocycles. The summed E-state index contributed by atoms with van der Waals surface area (Å²) in [5.74, 6) is 0.954. The molecule has 1 amide bonds. The van der Waals surface area contributed by atoms with E-state index in [9.17, 15) is 4.79 Å². The summed E-state index contributed by atoms with van der Waals surface area (Å²) in [5.41, 5.74) is 4.26. The van der Waals surface area contributed by atoms with Gasteiger partial charge in [0.25, 0.3) is 5.91 Å². The van der Waals surface area contributed by atoms with Crippen LogP contribution in [0.25, 0.3) is 0 Å². The van der Waals surface area contributed by atoms with E-state index in [0.717, 1.165) is 15.7 Å². The SMILES string of the molecule is Cc1ccc(NC(=O)COc2ccc(C(C)C)cc2Br)c(C)c1. The molecule has 0 aliphatic heterocycles. The highest BCUT2D eigenvalue weighted by molar-refractivity contribution is 9.10. The van der Waals surface area contributed by atoms with Crippen LogP contribution in [0.1, 0.15) is 36.5 Å². The zero-order valence-electron chi connectivity index (χ0n) is 13.9. The molecular formula is C19H22BrNO2. The quantitative estimate of drug-likeness (QED) is 0.778. The molecule has 23 heavy (non-hydrogen) atoms. The van der Waals surface area contributed by atoms with Gasteiger partial charge in [0.1, 0.15) is 5.75 Å². The van der Waals surface area contributed by atoms with E-state index in [2.05, 4.69) is 35.1 Å². The Hall–Kier alpha value is -1.81. The average molecular weight is 376 g/mol. The Morgan fingerprint density at radius 3 is 2.52 bits per heavy atom. The monoisotopic (exact) mass is 375 g/mol. The van der Waals surface area contributed by atoms with Crippen molar-refractivity contribution in [2.75, 3.05) is 11.9 Å². The summed E-state index contributed by atoms with van der Waals surface area (Å²) in [4.78, 5) is 12.1. The number of anilines is 1. The van der Waals surface area contributed by atoms with E-state index >= 15 is 0 Å². The second-order valence-corrected chi connectivity index (χ2v) is 6.85. The first-order chi connectivity index (χ1) is 10.9. The minimum atomic E-state index is -0.170. The lowest BCUT2D eigenvalue weighted by molar-refractivity contribution is -0.118. The summed E-state index contributed by atoms with van der Waals surface area (Å²) in [7, 11) is 0.